The van der Waals surface area contributed by atoms with Gasteiger partial charge < -0.3 is 9.47 Å². The summed E-state index contributed by atoms with van der Waals surface area (Å²) < 4.78 is 9.91. The van der Waals surface area contributed by atoms with Crippen LogP contribution in [0.25, 0.3) is 0 Å². The van der Waals surface area contributed by atoms with Crippen LogP contribution in [0.15, 0.2) is 48.5 Å². The molecule has 0 aliphatic carbocycles. The molecule has 0 amide bonds. The first-order valence-electron chi connectivity index (χ1n) is 8.70. The number of Topliss-reactive ketones (excluding diaryl/α,β-unsaturated/α-hetero) is 1. The Labute approximate surface area is 155 Å². The third-order valence-corrected chi connectivity index (χ3v) is 4.15. The molecule has 4 heteroatoms. The lowest BCUT2D eigenvalue weighted by atomic mass is 9.86. The average Bonchev–Trinajstić information content (AvgIpc) is 2.62. The predicted octanol–water partition coefficient (Wildman–Crippen LogP) is 4.21. The lowest BCUT2D eigenvalue weighted by molar-refractivity contribution is 0.0388. The Morgan fingerprint density at radius 2 is 1.42 bits per heavy atom. The molecule has 0 saturated heterocycles. The van der Waals surface area contributed by atoms with Crippen molar-refractivity contribution in [3.05, 3.63) is 70.8 Å². The highest BCUT2D eigenvalue weighted by Gasteiger charge is 2.15. The number of methoxy groups -OCH3 is 1. The van der Waals surface area contributed by atoms with Crippen LogP contribution in [0.3, 0.4) is 0 Å². The fourth-order valence-corrected chi connectivity index (χ4v) is 2.50. The van der Waals surface area contributed by atoms with E-state index in [0.29, 0.717) is 24.2 Å². The Hall–Kier alpha value is -2.46. The summed E-state index contributed by atoms with van der Waals surface area (Å²) in [6.45, 7) is 7.02. The Morgan fingerprint density at radius 1 is 0.846 bits per heavy atom. The molecule has 0 saturated carbocycles. The number of benzene rings is 2. The monoisotopic (exact) mass is 354 g/mol. The molecule has 2 aromatic rings. The number of esters is 1. The van der Waals surface area contributed by atoms with E-state index in [1.165, 1.54) is 5.56 Å². The minimum absolute atomic E-state index is 0.0564. The predicted molar refractivity (Wildman–Crippen MR) is 102 cm³/mol. The zero-order valence-corrected chi connectivity index (χ0v) is 15.9. The fourth-order valence-electron chi connectivity index (χ4n) is 2.50. The van der Waals surface area contributed by atoms with Crippen molar-refractivity contribution in [2.24, 2.45) is 0 Å². The molecule has 0 radical (unpaired) electrons. The van der Waals surface area contributed by atoms with E-state index < -0.39 is 5.97 Å². The van der Waals surface area contributed by atoms with Crippen LogP contribution in [0.5, 0.6) is 0 Å². The molecule has 0 heterocycles. The van der Waals surface area contributed by atoms with Crippen LogP contribution < -0.4 is 0 Å². The number of carbonyl (C=O) groups is 2. The van der Waals surface area contributed by atoms with Crippen LogP contribution in [0.4, 0.5) is 0 Å². The Bertz CT molecular complexity index is 737. The van der Waals surface area contributed by atoms with E-state index in [1.807, 2.05) is 24.3 Å². The van der Waals surface area contributed by atoms with E-state index in [4.69, 9.17) is 9.47 Å². The zero-order chi connectivity index (χ0) is 19.2. The van der Waals surface area contributed by atoms with Crippen molar-refractivity contribution in [1.29, 1.82) is 0 Å². The maximum absolute atomic E-state index is 12.5. The highest BCUT2D eigenvalue weighted by molar-refractivity contribution is 5.97. The van der Waals surface area contributed by atoms with Crippen LogP contribution in [0.1, 0.15) is 52.6 Å². The van der Waals surface area contributed by atoms with Crippen molar-refractivity contribution in [2.45, 2.75) is 32.6 Å². The lowest BCUT2D eigenvalue weighted by Crippen LogP contribution is -2.12. The Balaban J connectivity index is 1.98. The Morgan fingerprint density at radius 3 is 1.96 bits per heavy atom. The molecule has 0 aliphatic heterocycles. The van der Waals surface area contributed by atoms with Crippen molar-refractivity contribution in [2.75, 3.05) is 20.3 Å². The summed E-state index contributed by atoms with van der Waals surface area (Å²) in [5.74, 6) is -0.335. The quantitative estimate of drug-likeness (QED) is 0.424. The molecule has 2 aromatic carbocycles. The molecule has 0 atom stereocenters. The number of ether oxygens (including phenoxy) is 2. The van der Waals surface area contributed by atoms with E-state index in [0.717, 1.165) is 5.56 Å². The van der Waals surface area contributed by atoms with E-state index in [9.17, 15) is 9.59 Å². The van der Waals surface area contributed by atoms with Gasteiger partial charge in [0.25, 0.3) is 0 Å². The van der Waals surface area contributed by atoms with Gasteiger partial charge in [0.1, 0.15) is 6.61 Å². The van der Waals surface area contributed by atoms with Crippen molar-refractivity contribution in [3.63, 3.8) is 0 Å². The standard InChI is InChI=1S/C22H26O4/c1-22(2,3)19-11-9-17(10-12-19)20(23)15-16-5-7-18(8-6-16)21(24)26-14-13-25-4/h5-12H,13-15H2,1-4H3. The third kappa shape index (κ3) is 5.53. The summed E-state index contributed by atoms with van der Waals surface area (Å²) in [5.41, 5.74) is 3.29. The van der Waals surface area contributed by atoms with Gasteiger partial charge in [0, 0.05) is 19.1 Å². The molecule has 26 heavy (non-hydrogen) atoms. The molecule has 0 fully saturated rings. The van der Waals surface area contributed by atoms with Gasteiger partial charge in [0.05, 0.1) is 12.2 Å². The van der Waals surface area contributed by atoms with Crippen LogP contribution in [0, 0.1) is 0 Å². The minimum atomic E-state index is -0.391. The van der Waals surface area contributed by atoms with Gasteiger partial charge in [-0.05, 0) is 28.7 Å². The largest absolute Gasteiger partial charge is 0.460 e. The van der Waals surface area contributed by atoms with Gasteiger partial charge in [0.15, 0.2) is 5.78 Å². The van der Waals surface area contributed by atoms with Gasteiger partial charge in [-0.25, -0.2) is 4.79 Å². The average molecular weight is 354 g/mol. The van der Waals surface area contributed by atoms with Crippen molar-refractivity contribution >= 4 is 11.8 Å². The molecule has 0 spiro atoms. The first-order valence-corrected chi connectivity index (χ1v) is 8.70. The van der Waals surface area contributed by atoms with Crippen LogP contribution >= 0.6 is 0 Å². The van der Waals surface area contributed by atoms with Gasteiger partial charge >= 0.3 is 5.97 Å². The molecular weight excluding hydrogens is 328 g/mol. The zero-order valence-electron chi connectivity index (χ0n) is 15.9. The van der Waals surface area contributed by atoms with Gasteiger partial charge in [-0.2, -0.15) is 0 Å². The minimum Gasteiger partial charge on any atom is -0.460 e. The number of rotatable bonds is 7. The lowest BCUT2D eigenvalue weighted by Gasteiger charge is -2.19. The number of carbonyl (C=O) groups excluding carboxylic acids is 2. The highest BCUT2D eigenvalue weighted by atomic mass is 16.6. The number of hydrogen-bond donors (Lipinski definition) is 0. The van der Waals surface area contributed by atoms with Crippen LogP contribution in [0.2, 0.25) is 0 Å². The molecule has 4 nitrogen and oxygen atoms in total. The summed E-state index contributed by atoms with van der Waals surface area (Å²) in [4.78, 5) is 24.3. The summed E-state index contributed by atoms with van der Waals surface area (Å²) >= 11 is 0. The SMILES string of the molecule is COCCOC(=O)c1ccc(CC(=O)c2ccc(C(C)(C)C)cc2)cc1. The van der Waals surface area contributed by atoms with Crippen LogP contribution in [-0.2, 0) is 21.3 Å². The fraction of sp³-hybridized carbons (Fsp3) is 0.364. The third-order valence-electron chi connectivity index (χ3n) is 4.15. The molecule has 0 bridgehead atoms. The molecular formula is C22H26O4. The first-order chi connectivity index (χ1) is 12.3. The summed E-state index contributed by atoms with van der Waals surface area (Å²) in [7, 11) is 1.55. The maximum Gasteiger partial charge on any atom is 0.338 e. The Kier molecular flexibility index (Phi) is 6.70. The molecule has 0 aliphatic rings. The number of hydrogen-bond acceptors (Lipinski definition) is 4. The van der Waals surface area contributed by atoms with E-state index in [1.54, 1.807) is 31.4 Å². The van der Waals surface area contributed by atoms with E-state index >= 15 is 0 Å². The normalized spacial score (nSPS) is 11.2. The van der Waals surface area contributed by atoms with E-state index in [2.05, 4.69) is 20.8 Å². The van der Waals surface area contributed by atoms with Crippen molar-refractivity contribution in [1.82, 2.24) is 0 Å². The van der Waals surface area contributed by atoms with Gasteiger partial charge in [0.2, 0.25) is 0 Å². The van der Waals surface area contributed by atoms with Crippen molar-refractivity contribution < 1.29 is 19.1 Å². The number of ketones is 1. The topological polar surface area (TPSA) is 52.6 Å². The second kappa shape index (κ2) is 8.77. The highest BCUT2D eigenvalue weighted by Crippen LogP contribution is 2.22. The summed E-state index contributed by atoms with van der Waals surface area (Å²) in [6.07, 6.45) is 0.299. The summed E-state index contributed by atoms with van der Waals surface area (Å²) in [6, 6.07) is 14.7. The molecule has 138 valence electrons. The van der Waals surface area contributed by atoms with Gasteiger partial charge in [-0.15, -0.1) is 0 Å². The van der Waals surface area contributed by atoms with Crippen LogP contribution in [-0.4, -0.2) is 32.1 Å². The molecule has 2 rings (SSSR count). The second-order valence-corrected chi connectivity index (χ2v) is 7.25. The van der Waals surface area contributed by atoms with Gasteiger partial charge in [-0.3, -0.25) is 4.79 Å². The van der Waals surface area contributed by atoms with E-state index in [-0.39, 0.29) is 17.8 Å². The van der Waals surface area contributed by atoms with Crippen molar-refractivity contribution in [3.8, 4) is 0 Å². The summed E-state index contributed by atoms with van der Waals surface area (Å²) in [5, 5.41) is 0. The second-order valence-electron chi connectivity index (χ2n) is 7.25. The van der Waals surface area contributed by atoms with Gasteiger partial charge in [-0.1, -0.05) is 57.2 Å². The molecule has 0 aromatic heterocycles. The molecule has 0 N–H and O–H groups in total. The smallest absolute Gasteiger partial charge is 0.338 e. The molecule has 0 unspecified atom stereocenters. The maximum atomic E-state index is 12.5. The first kappa shape index (κ1) is 19.9.